The van der Waals surface area contributed by atoms with Gasteiger partial charge in [0.15, 0.2) is 0 Å². The summed E-state index contributed by atoms with van der Waals surface area (Å²) >= 11 is 0. The second-order valence-electron chi connectivity index (χ2n) is 4.73. The molecule has 0 aromatic heterocycles. The molecule has 1 aromatic rings. The van der Waals surface area contributed by atoms with E-state index in [1.165, 1.54) is 0 Å². The lowest BCUT2D eigenvalue weighted by molar-refractivity contribution is 0.0954. The summed E-state index contributed by atoms with van der Waals surface area (Å²) in [4.78, 5) is 12.1. The fourth-order valence-corrected chi connectivity index (χ4v) is 2.24. The van der Waals surface area contributed by atoms with Crippen molar-refractivity contribution in [3.63, 3.8) is 0 Å². The molecular weight excluding hydrogens is 260 g/mol. The summed E-state index contributed by atoms with van der Waals surface area (Å²) in [6, 6.07) is 7.73. The maximum absolute atomic E-state index is 12.1. The van der Waals surface area contributed by atoms with E-state index in [1.54, 1.807) is 12.3 Å². The van der Waals surface area contributed by atoms with E-state index in [1.807, 2.05) is 32.0 Å². The minimum atomic E-state index is -0.801. The van der Waals surface area contributed by atoms with Gasteiger partial charge in [0.25, 0.3) is 5.91 Å². The predicted octanol–water partition coefficient (Wildman–Crippen LogP) is 2.01. The van der Waals surface area contributed by atoms with Gasteiger partial charge in [-0.25, -0.2) is 0 Å². The zero-order valence-corrected chi connectivity index (χ0v) is 12.5. The van der Waals surface area contributed by atoms with E-state index in [4.69, 9.17) is 0 Å². The van der Waals surface area contributed by atoms with Crippen molar-refractivity contribution in [3.8, 4) is 0 Å². The third-order valence-corrected chi connectivity index (χ3v) is 3.37. The Bertz CT molecular complexity index is 447. The summed E-state index contributed by atoms with van der Waals surface area (Å²) < 4.78 is 10.9. The molecule has 0 aliphatic carbocycles. The number of para-hydroxylation sites is 1. The number of benzene rings is 1. The van der Waals surface area contributed by atoms with Crippen molar-refractivity contribution in [1.29, 1.82) is 0 Å². The third-order valence-electron chi connectivity index (χ3n) is 2.51. The Morgan fingerprint density at radius 2 is 2.00 bits per heavy atom. The largest absolute Gasteiger partial charge is 0.382 e. The second kappa shape index (κ2) is 7.94. The van der Waals surface area contributed by atoms with E-state index in [2.05, 4.69) is 10.6 Å². The van der Waals surface area contributed by atoms with Crippen LogP contribution in [0.4, 0.5) is 5.69 Å². The topological polar surface area (TPSA) is 58.2 Å². The molecule has 1 atom stereocenters. The number of amides is 1. The molecule has 2 N–H and O–H groups in total. The van der Waals surface area contributed by atoms with Crippen LogP contribution in [0, 0.1) is 0 Å². The van der Waals surface area contributed by atoms with Gasteiger partial charge >= 0.3 is 0 Å². The Labute approximate surface area is 117 Å². The molecule has 0 aliphatic rings. The van der Waals surface area contributed by atoms with Gasteiger partial charge in [-0.15, -0.1) is 0 Å². The van der Waals surface area contributed by atoms with Crippen LogP contribution in [0.15, 0.2) is 24.3 Å². The maximum atomic E-state index is 12.1. The smallest absolute Gasteiger partial charge is 0.253 e. The quantitative estimate of drug-likeness (QED) is 0.752. The summed E-state index contributed by atoms with van der Waals surface area (Å²) in [7, 11) is -0.801. The number of carbonyl (C=O) groups excluding carboxylic acids is 1. The van der Waals surface area contributed by atoms with E-state index in [0.29, 0.717) is 17.9 Å². The molecule has 0 bridgehead atoms. The number of carbonyl (C=O) groups is 1. The summed E-state index contributed by atoms with van der Waals surface area (Å²) in [6.07, 6.45) is 2.40. The Hall–Kier alpha value is -1.36. The van der Waals surface area contributed by atoms with Crippen molar-refractivity contribution in [3.05, 3.63) is 29.8 Å². The number of rotatable bonds is 7. The third kappa shape index (κ3) is 5.87. The van der Waals surface area contributed by atoms with Crippen molar-refractivity contribution >= 4 is 22.4 Å². The van der Waals surface area contributed by atoms with Gasteiger partial charge in [0.1, 0.15) is 0 Å². The summed E-state index contributed by atoms with van der Waals surface area (Å²) in [5.41, 5.74) is 1.49. The van der Waals surface area contributed by atoms with Crippen LogP contribution in [0.3, 0.4) is 0 Å². The average Bonchev–Trinajstić information content (AvgIpc) is 2.34. The first-order valence-corrected chi connectivity index (χ1v) is 8.17. The first-order valence-electron chi connectivity index (χ1n) is 6.44. The summed E-state index contributed by atoms with van der Waals surface area (Å²) in [6.45, 7) is 4.62. The molecule has 0 fully saturated rings. The van der Waals surface area contributed by atoms with Gasteiger partial charge in [-0.05, 0) is 32.4 Å². The lowest BCUT2D eigenvalue weighted by Gasteiger charge is -2.14. The standard InChI is InChI=1S/C14H22N2O2S/c1-11(2)16-13-8-5-4-7-12(13)14(17)15-9-6-10-19(3)18/h4-5,7-8,11,16H,6,9-10H2,1-3H3,(H,15,17). The van der Waals surface area contributed by atoms with Crippen molar-refractivity contribution in [1.82, 2.24) is 5.32 Å². The SMILES string of the molecule is CC(C)Nc1ccccc1C(=O)NCCCS(C)=O. The van der Waals surface area contributed by atoms with Crippen LogP contribution in [0.1, 0.15) is 30.6 Å². The number of anilines is 1. The highest BCUT2D eigenvalue weighted by atomic mass is 32.2. The summed E-state index contributed by atoms with van der Waals surface area (Å²) in [5, 5.41) is 6.11. The van der Waals surface area contributed by atoms with Gasteiger partial charge in [-0.3, -0.25) is 9.00 Å². The highest BCUT2D eigenvalue weighted by Crippen LogP contribution is 2.15. The van der Waals surface area contributed by atoms with Gasteiger partial charge in [-0.2, -0.15) is 0 Å². The van der Waals surface area contributed by atoms with Gasteiger partial charge in [0, 0.05) is 41.1 Å². The number of hydrogen-bond acceptors (Lipinski definition) is 3. The zero-order valence-electron chi connectivity index (χ0n) is 11.7. The van der Waals surface area contributed by atoms with Crippen LogP contribution in [-0.4, -0.2) is 34.7 Å². The van der Waals surface area contributed by atoms with Crippen molar-refractivity contribution in [2.45, 2.75) is 26.3 Å². The molecule has 0 radical (unpaired) electrons. The molecule has 5 heteroatoms. The van der Waals surface area contributed by atoms with Crippen molar-refractivity contribution in [2.75, 3.05) is 23.9 Å². The van der Waals surface area contributed by atoms with E-state index < -0.39 is 10.8 Å². The molecule has 106 valence electrons. The molecular formula is C14H22N2O2S. The van der Waals surface area contributed by atoms with Crippen LogP contribution in [0.2, 0.25) is 0 Å². The normalized spacial score (nSPS) is 12.2. The highest BCUT2D eigenvalue weighted by molar-refractivity contribution is 7.84. The second-order valence-corrected chi connectivity index (χ2v) is 6.29. The number of hydrogen-bond donors (Lipinski definition) is 2. The van der Waals surface area contributed by atoms with Crippen LogP contribution in [0.5, 0.6) is 0 Å². The molecule has 19 heavy (non-hydrogen) atoms. The summed E-state index contributed by atoms with van der Waals surface area (Å²) in [5.74, 6) is 0.525. The van der Waals surface area contributed by atoms with Gasteiger partial charge in [0.05, 0.1) is 5.56 Å². The van der Waals surface area contributed by atoms with Crippen LogP contribution in [-0.2, 0) is 10.8 Å². The van der Waals surface area contributed by atoms with E-state index in [-0.39, 0.29) is 11.9 Å². The lowest BCUT2D eigenvalue weighted by atomic mass is 10.1. The van der Waals surface area contributed by atoms with E-state index in [0.717, 1.165) is 12.1 Å². The zero-order chi connectivity index (χ0) is 14.3. The Kier molecular flexibility index (Phi) is 6.56. The Morgan fingerprint density at radius 3 is 2.63 bits per heavy atom. The minimum Gasteiger partial charge on any atom is -0.382 e. The lowest BCUT2D eigenvalue weighted by Crippen LogP contribution is -2.26. The molecule has 0 heterocycles. The fraction of sp³-hybridized carbons (Fsp3) is 0.500. The maximum Gasteiger partial charge on any atom is 0.253 e. The van der Waals surface area contributed by atoms with Crippen molar-refractivity contribution < 1.29 is 9.00 Å². The Balaban J connectivity index is 2.58. The Morgan fingerprint density at radius 1 is 1.32 bits per heavy atom. The molecule has 1 aromatic carbocycles. The molecule has 0 saturated carbocycles. The number of nitrogens with one attached hydrogen (secondary N) is 2. The van der Waals surface area contributed by atoms with Gasteiger partial charge in [0.2, 0.25) is 0 Å². The van der Waals surface area contributed by atoms with Crippen molar-refractivity contribution in [2.24, 2.45) is 0 Å². The van der Waals surface area contributed by atoms with Gasteiger partial charge < -0.3 is 10.6 Å². The highest BCUT2D eigenvalue weighted by Gasteiger charge is 2.10. The fourth-order valence-electron chi connectivity index (χ4n) is 1.69. The van der Waals surface area contributed by atoms with Gasteiger partial charge in [-0.1, -0.05) is 12.1 Å². The molecule has 1 rings (SSSR count). The van der Waals surface area contributed by atoms with Crippen LogP contribution >= 0.6 is 0 Å². The first-order chi connectivity index (χ1) is 9.00. The predicted molar refractivity (Wildman–Crippen MR) is 81.1 cm³/mol. The van der Waals surface area contributed by atoms with E-state index >= 15 is 0 Å². The molecule has 1 unspecified atom stereocenters. The molecule has 0 spiro atoms. The van der Waals surface area contributed by atoms with E-state index in [9.17, 15) is 9.00 Å². The average molecular weight is 282 g/mol. The molecule has 0 aliphatic heterocycles. The monoisotopic (exact) mass is 282 g/mol. The molecule has 4 nitrogen and oxygen atoms in total. The molecule has 0 saturated heterocycles. The molecule has 1 amide bonds. The first kappa shape index (κ1) is 15.7. The minimum absolute atomic E-state index is 0.0920. The van der Waals surface area contributed by atoms with Crippen LogP contribution in [0.25, 0.3) is 0 Å². The van der Waals surface area contributed by atoms with Crippen LogP contribution < -0.4 is 10.6 Å².